The lowest BCUT2D eigenvalue weighted by Crippen LogP contribution is -2.38. The van der Waals surface area contributed by atoms with E-state index in [1.54, 1.807) is 38.1 Å². The van der Waals surface area contributed by atoms with E-state index < -0.39 is 10.0 Å². The van der Waals surface area contributed by atoms with Crippen LogP contribution < -0.4 is 10.2 Å². The Morgan fingerprint density at radius 1 is 1.12 bits per heavy atom. The van der Waals surface area contributed by atoms with Gasteiger partial charge in [-0.3, -0.25) is 4.79 Å². The second-order valence-corrected chi connectivity index (χ2v) is 9.99. The number of carbonyl (C=O) groups excluding carboxylic acids is 1. The quantitative estimate of drug-likeness (QED) is 0.624. The summed E-state index contributed by atoms with van der Waals surface area (Å²) in [5, 5.41) is 3.62. The summed E-state index contributed by atoms with van der Waals surface area (Å²) in [6, 6.07) is 11.8. The van der Waals surface area contributed by atoms with Crippen molar-refractivity contribution < 1.29 is 17.9 Å². The molecule has 2 aromatic carbocycles. The molecule has 9 heteroatoms. The monoisotopic (exact) mass is 479 g/mol. The van der Waals surface area contributed by atoms with Gasteiger partial charge in [0.05, 0.1) is 29.7 Å². The van der Waals surface area contributed by atoms with Crippen molar-refractivity contribution in [2.45, 2.75) is 31.7 Å². The standard InChI is InChI=1S/C23H30ClN3O4S/c1-4-27(5-2)32(29,30)20-10-11-22(26-12-14-31-15-13-26)21(16-20)23(28)25-17(3)18-6-8-19(24)9-7-18/h6-11,16-17H,4-5,12-15H2,1-3H3,(H,25,28). The Bertz CT molecular complexity index is 1030. The molecule has 1 unspecified atom stereocenters. The third kappa shape index (κ3) is 5.43. The van der Waals surface area contributed by atoms with Crippen LogP contribution in [0.5, 0.6) is 0 Å². The zero-order valence-corrected chi connectivity index (χ0v) is 20.2. The molecule has 1 heterocycles. The molecule has 0 spiro atoms. The van der Waals surface area contributed by atoms with Gasteiger partial charge in [0.2, 0.25) is 10.0 Å². The average molecular weight is 480 g/mol. The Labute approximate surface area is 195 Å². The van der Waals surface area contributed by atoms with Gasteiger partial charge < -0.3 is 15.0 Å². The first-order chi connectivity index (χ1) is 15.3. The zero-order chi connectivity index (χ0) is 23.3. The SMILES string of the molecule is CCN(CC)S(=O)(=O)c1ccc(N2CCOCC2)c(C(=O)NC(C)c2ccc(Cl)cc2)c1. The van der Waals surface area contributed by atoms with Crippen LogP contribution in [0.15, 0.2) is 47.4 Å². The smallest absolute Gasteiger partial charge is 0.253 e. The van der Waals surface area contributed by atoms with Crippen LogP contribution >= 0.6 is 11.6 Å². The number of sulfonamides is 1. The van der Waals surface area contributed by atoms with Gasteiger partial charge in [-0.1, -0.05) is 37.6 Å². The maximum absolute atomic E-state index is 13.3. The molecular weight excluding hydrogens is 450 g/mol. The van der Waals surface area contributed by atoms with Crippen LogP contribution in [0, 0.1) is 0 Å². The molecule has 2 aromatic rings. The van der Waals surface area contributed by atoms with Gasteiger partial charge in [0, 0.05) is 36.9 Å². The lowest BCUT2D eigenvalue weighted by Gasteiger charge is -2.31. The van der Waals surface area contributed by atoms with Crippen molar-refractivity contribution in [3.05, 3.63) is 58.6 Å². The minimum atomic E-state index is -3.69. The van der Waals surface area contributed by atoms with Crippen LogP contribution in [-0.2, 0) is 14.8 Å². The average Bonchev–Trinajstić information content (AvgIpc) is 2.80. The highest BCUT2D eigenvalue weighted by Gasteiger charge is 2.26. The predicted octanol–water partition coefficient (Wildman–Crippen LogP) is 3.70. The fourth-order valence-electron chi connectivity index (χ4n) is 3.76. The second kappa shape index (κ2) is 10.7. The molecule has 32 heavy (non-hydrogen) atoms. The van der Waals surface area contributed by atoms with Gasteiger partial charge in [0.1, 0.15) is 0 Å². The minimum Gasteiger partial charge on any atom is -0.378 e. The number of carbonyl (C=O) groups is 1. The van der Waals surface area contributed by atoms with Crippen LogP contribution in [-0.4, -0.2) is 58.0 Å². The predicted molar refractivity (Wildman–Crippen MR) is 127 cm³/mol. The van der Waals surface area contributed by atoms with Crippen molar-refractivity contribution in [1.82, 2.24) is 9.62 Å². The maximum Gasteiger partial charge on any atom is 0.253 e. The summed E-state index contributed by atoms with van der Waals surface area (Å²) >= 11 is 5.97. The Kier molecular flexibility index (Phi) is 8.16. The number of morpholine rings is 1. The van der Waals surface area contributed by atoms with E-state index >= 15 is 0 Å². The number of ether oxygens (including phenoxy) is 1. The largest absolute Gasteiger partial charge is 0.378 e. The van der Waals surface area contributed by atoms with Crippen molar-refractivity contribution in [2.75, 3.05) is 44.3 Å². The molecule has 0 radical (unpaired) electrons. The number of benzene rings is 2. The molecule has 1 saturated heterocycles. The molecule has 0 bridgehead atoms. The first-order valence-electron chi connectivity index (χ1n) is 10.8. The van der Waals surface area contributed by atoms with Crippen LogP contribution in [0.2, 0.25) is 5.02 Å². The van der Waals surface area contributed by atoms with E-state index in [1.807, 2.05) is 19.1 Å². The van der Waals surface area contributed by atoms with Gasteiger partial charge in [-0.15, -0.1) is 0 Å². The van der Waals surface area contributed by atoms with Crippen LogP contribution in [0.25, 0.3) is 0 Å². The number of halogens is 1. The summed E-state index contributed by atoms with van der Waals surface area (Å²) in [5.74, 6) is -0.328. The van der Waals surface area contributed by atoms with Crippen LogP contribution in [0.4, 0.5) is 5.69 Å². The lowest BCUT2D eigenvalue weighted by molar-refractivity contribution is 0.0938. The molecule has 1 N–H and O–H groups in total. The first kappa shape index (κ1) is 24.5. The van der Waals surface area contributed by atoms with E-state index in [0.717, 1.165) is 5.56 Å². The third-order valence-corrected chi connectivity index (χ3v) is 7.92. The van der Waals surface area contributed by atoms with Crippen molar-refractivity contribution in [2.24, 2.45) is 0 Å². The number of anilines is 1. The Morgan fingerprint density at radius 3 is 2.34 bits per heavy atom. The Hall–Kier alpha value is -2.13. The van der Waals surface area contributed by atoms with E-state index in [9.17, 15) is 13.2 Å². The van der Waals surface area contributed by atoms with Crippen molar-refractivity contribution in [3.63, 3.8) is 0 Å². The van der Waals surface area contributed by atoms with Gasteiger partial charge in [0.25, 0.3) is 5.91 Å². The normalized spacial score (nSPS) is 15.6. The van der Waals surface area contributed by atoms with Crippen LogP contribution in [0.3, 0.4) is 0 Å². The minimum absolute atomic E-state index is 0.113. The molecule has 3 rings (SSSR count). The van der Waals surface area contributed by atoms with Gasteiger partial charge in [0.15, 0.2) is 0 Å². The Morgan fingerprint density at radius 2 is 1.75 bits per heavy atom. The zero-order valence-electron chi connectivity index (χ0n) is 18.7. The second-order valence-electron chi connectivity index (χ2n) is 7.61. The maximum atomic E-state index is 13.3. The fourth-order valence-corrected chi connectivity index (χ4v) is 5.37. The summed E-state index contributed by atoms with van der Waals surface area (Å²) in [6.07, 6.45) is 0. The summed E-state index contributed by atoms with van der Waals surface area (Å²) in [6.45, 7) is 8.58. The molecule has 174 valence electrons. The number of hydrogen-bond acceptors (Lipinski definition) is 5. The van der Waals surface area contributed by atoms with Gasteiger partial charge in [-0.05, 0) is 42.8 Å². The molecule has 1 fully saturated rings. The first-order valence-corrected chi connectivity index (χ1v) is 12.6. The topological polar surface area (TPSA) is 79.0 Å². The molecule has 1 aliphatic rings. The van der Waals surface area contributed by atoms with E-state index in [-0.39, 0.29) is 16.8 Å². The highest BCUT2D eigenvalue weighted by Crippen LogP contribution is 2.28. The van der Waals surface area contributed by atoms with E-state index in [1.165, 1.54) is 10.4 Å². The number of rotatable bonds is 8. The molecule has 1 aliphatic heterocycles. The fraction of sp³-hybridized carbons (Fsp3) is 0.435. The van der Waals surface area contributed by atoms with E-state index in [2.05, 4.69) is 10.2 Å². The van der Waals surface area contributed by atoms with Gasteiger partial charge >= 0.3 is 0 Å². The molecule has 1 amide bonds. The van der Waals surface area contributed by atoms with Crippen molar-refractivity contribution in [3.8, 4) is 0 Å². The number of nitrogens with zero attached hydrogens (tertiary/aromatic N) is 2. The highest BCUT2D eigenvalue weighted by atomic mass is 35.5. The van der Waals surface area contributed by atoms with E-state index in [4.69, 9.17) is 16.3 Å². The third-order valence-electron chi connectivity index (χ3n) is 5.63. The molecule has 7 nitrogen and oxygen atoms in total. The lowest BCUT2D eigenvalue weighted by atomic mass is 10.1. The van der Waals surface area contributed by atoms with E-state index in [0.29, 0.717) is 55.7 Å². The molecule has 1 atom stereocenters. The highest BCUT2D eigenvalue weighted by molar-refractivity contribution is 7.89. The molecule has 0 saturated carbocycles. The molecule has 0 aliphatic carbocycles. The number of amides is 1. The van der Waals surface area contributed by atoms with Gasteiger partial charge in [-0.2, -0.15) is 4.31 Å². The van der Waals surface area contributed by atoms with Crippen molar-refractivity contribution in [1.29, 1.82) is 0 Å². The Balaban J connectivity index is 1.97. The summed E-state index contributed by atoms with van der Waals surface area (Å²) in [4.78, 5) is 15.5. The summed E-state index contributed by atoms with van der Waals surface area (Å²) in [5.41, 5.74) is 1.94. The van der Waals surface area contributed by atoms with Crippen molar-refractivity contribution >= 4 is 33.2 Å². The molecular formula is C23H30ClN3O4S. The summed E-state index contributed by atoms with van der Waals surface area (Å²) < 4.78 is 33.0. The number of hydrogen-bond donors (Lipinski definition) is 1. The van der Waals surface area contributed by atoms with Crippen LogP contribution in [0.1, 0.15) is 42.7 Å². The molecule has 0 aromatic heterocycles. The van der Waals surface area contributed by atoms with Gasteiger partial charge in [-0.25, -0.2) is 8.42 Å². The summed E-state index contributed by atoms with van der Waals surface area (Å²) in [7, 11) is -3.69. The number of nitrogens with one attached hydrogen (secondary N) is 1.